The maximum absolute atomic E-state index is 4.63. The van der Waals surface area contributed by atoms with E-state index in [1.807, 2.05) is 24.3 Å². The number of hydrogen-bond acceptors (Lipinski definition) is 2. The van der Waals surface area contributed by atoms with E-state index in [2.05, 4.69) is 56.5 Å². The highest BCUT2D eigenvalue weighted by Crippen LogP contribution is 2.38. The summed E-state index contributed by atoms with van der Waals surface area (Å²) in [5.41, 5.74) is 1.17. The van der Waals surface area contributed by atoms with Crippen LogP contribution in [0.1, 0.15) is 12.5 Å². The molecule has 15 heavy (non-hydrogen) atoms. The van der Waals surface area contributed by atoms with E-state index in [0.29, 0.717) is 0 Å². The maximum atomic E-state index is 4.63. The molecule has 0 saturated carbocycles. The normalized spacial score (nSPS) is 29.4. The Balaban J connectivity index is 2.50. The molecule has 0 amide bonds. The van der Waals surface area contributed by atoms with Gasteiger partial charge in [-0.3, -0.25) is 0 Å². The number of allylic oxidation sites excluding steroid dienone is 3. The number of rotatable bonds is 1. The van der Waals surface area contributed by atoms with E-state index in [1.165, 1.54) is 5.56 Å². The van der Waals surface area contributed by atoms with Gasteiger partial charge in [0.1, 0.15) is 0 Å². The Bertz CT molecular complexity index is 420. The fraction of sp³-hybridized carbons (Fsp3) is 0.231. The first-order valence-corrected chi connectivity index (χ1v) is 5.93. The average molecular weight is 234 g/mol. The van der Waals surface area contributed by atoms with Gasteiger partial charge < -0.3 is 0 Å². The highest BCUT2D eigenvalue weighted by atomic mass is 32.1. The third-order valence-corrected chi connectivity index (χ3v) is 4.04. The second-order valence-corrected chi connectivity index (χ2v) is 5.03. The highest BCUT2D eigenvalue weighted by molar-refractivity contribution is 7.81. The van der Waals surface area contributed by atoms with Crippen molar-refractivity contribution in [3.05, 3.63) is 54.1 Å². The van der Waals surface area contributed by atoms with Gasteiger partial charge in [0.15, 0.2) is 0 Å². The SMILES string of the molecule is C[C@]1(c2ccccc2S)C=CC=C[C@@H]1S. The summed E-state index contributed by atoms with van der Waals surface area (Å²) in [7, 11) is 0. The minimum absolute atomic E-state index is 0.0593. The second-order valence-electron chi connectivity index (χ2n) is 3.99. The third-order valence-electron chi connectivity index (χ3n) is 2.95. The monoisotopic (exact) mass is 234 g/mol. The summed E-state index contributed by atoms with van der Waals surface area (Å²) in [5.74, 6) is 0. The van der Waals surface area contributed by atoms with Crippen LogP contribution in [0.4, 0.5) is 0 Å². The summed E-state index contributed by atoms with van der Waals surface area (Å²) < 4.78 is 0. The molecule has 0 unspecified atom stereocenters. The van der Waals surface area contributed by atoms with E-state index in [0.717, 1.165) is 4.90 Å². The van der Waals surface area contributed by atoms with Crippen molar-refractivity contribution in [1.82, 2.24) is 0 Å². The van der Waals surface area contributed by atoms with Gasteiger partial charge in [-0.1, -0.05) is 49.4 Å². The first-order chi connectivity index (χ1) is 7.14. The Hall–Kier alpha value is -0.600. The molecule has 2 rings (SSSR count). The van der Waals surface area contributed by atoms with Gasteiger partial charge in [0.05, 0.1) is 0 Å². The molecule has 1 aliphatic rings. The minimum atomic E-state index is -0.0593. The van der Waals surface area contributed by atoms with Gasteiger partial charge in [-0.2, -0.15) is 12.6 Å². The van der Waals surface area contributed by atoms with E-state index in [-0.39, 0.29) is 10.7 Å². The zero-order chi connectivity index (χ0) is 10.9. The van der Waals surface area contributed by atoms with Crippen LogP contribution >= 0.6 is 25.3 Å². The Kier molecular flexibility index (Phi) is 2.98. The predicted octanol–water partition coefficient (Wildman–Crippen LogP) is 3.66. The zero-order valence-corrected chi connectivity index (χ0v) is 10.4. The molecule has 78 valence electrons. The highest BCUT2D eigenvalue weighted by Gasteiger charge is 2.32. The van der Waals surface area contributed by atoms with Crippen LogP contribution in [-0.4, -0.2) is 5.25 Å². The summed E-state index contributed by atoms with van der Waals surface area (Å²) >= 11 is 9.14. The zero-order valence-electron chi connectivity index (χ0n) is 8.59. The molecule has 0 bridgehead atoms. The minimum Gasteiger partial charge on any atom is -0.170 e. The van der Waals surface area contributed by atoms with Gasteiger partial charge in [0.25, 0.3) is 0 Å². The van der Waals surface area contributed by atoms with Crippen LogP contribution in [0.25, 0.3) is 0 Å². The van der Waals surface area contributed by atoms with Crippen LogP contribution in [-0.2, 0) is 5.41 Å². The predicted molar refractivity (Wildman–Crippen MR) is 72.1 cm³/mol. The first-order valence-electron chi connectivity index (χ1n) is 4.97. The number of thiol groups is 2. The van der Waals surface area contributed by atoms with Gasteiger partial charge >= 0.3 is 0 Å². The molecular weight excluding hydrogens is 220 g/mol. The molecule has 1 aromatic carbocycles. The van der Waals surface area contributed by atoms with Gasteiger partial charge in [0.2, 0.25) is 0 Å². The molecular formula is C13H14S2. The topological polar surface area (TPSA) is 0 Å². The second kappa shape index (κ2) is 4.11. The quantitative estimate of drug-likeness (QED) is 0.681. The molecule has 0 N–H and O–H groups in total. The molecule has 0 fully saturated rings. The average Bonchev–Trinajstić information content (AvgIpc) is 2.23. The van der Waals surface area contributed by atoms with Crippen molar-refractivity contribution in [3.63, 3.8) is 0 Å². The van der Waals surface area contributed by atoms with E-state index in [9.17, 15) is 0 Å². The molecule has 0 nitrogen and oxygen atoms in total. The first kappa shape index (κ1) is 10.9. The van der Waals surface area contributed by atoms with Crippen LogP contribution in [0.2, 0.25) is 0 Å². The number of hydrogen-bond donors (Lipinski definition) is 2. The largest absolute Gasteiger partial charge is 0.170 e. The lowest BCUT2D eigenvalue weighted by Crippen LogP contribution is -2.31. The third kappa shape index (κ3) is 1.88. The van der Waals surface area contributed by atoms with Crippen molar-refractivity contribution < 1.29 is 0 Å². The van der Waals surface area contributed by atoms with Crippen molar-refractivity contribution in [2.45, 2.75) is 22.5 Å². The molecule has 0 spiro atoms. The summed E-state index contributed by atoms with van der Waals surface area (Å²) in [6.07, 6.45) is 8.43. The summed E-state index contributed by atoms with van der Waals surface area (Å²) in [6, 6.07) is 8.20. The fourth-order valence-electron chi connectivity index (χ4n) is 1.90. The summed E-state index contributed by atoms with van der Waals surface area (Å²) in [6.45, 7) is 2.19. The van der Waals surface area contributed by atoms with Crippen molar-refractivity contribution in [2.75, 3.05) is 0 Å². The number of benzene rings is 1. The van der Waals surface area contributed by atoms with Gasteiger partial charge in [-0.15, -0.1) is 12.6 Å². The molecule has 2 heteroatoms. The van der Waals surface area contributed by atoms with Crippen molar-refractivity contribution in [3.8, 4) is 0 Å². The lowest BCUT2D eigenvalue weighted by Gasteiger charge is -2.33. The molecule has 1 aromatic rings. The van der Waals surface area contributed by atoms with Crippen LogP contribution in [0.5, 0.6) is 0 Å². The maximum Gasteiger partial charge on any atom is 0.0329 e. The molecule has 0 radical (unpaired) electrons. The molecule has 1 aliphatic carbocycles. The lowest BCUT2D eigenvalue weighted by atomic mass is 9.77. The van der Waals surface area contributed by atoms with Crippen molar-refractivity contribution >= 4 is 25.3 Å². The van der Waals surface area contributed by atoms with Crippen LogP contribution in [0.15, 0.2) is 53.5 Å². The smallest absolute Gasteiger partial charge is 0.0329 e. The van der Waals surface area contributed by atoms with E-state index < -0.39 is 0 Å². The van der Waals surface area contributed by atoms with Crippen LogP contribution in [0.3, 0.4) is 0 Å². The summed E-state index contributed by atoms with van der Waals surface area (Å²) in [5, 5.41) is 0.204. The molecule has 0 saturated heterocycles. The lowest BCUT2D eigenvalue weighted by molar-refractivity contribution is 0.604. The fourth-order valence-corrected chi connectivity index (χ4v) is 2.63. The molecule has 2 atom stereocenters. The Labute approximate surface area is 102 Å². The molecule has 0 aromatic heterocycles. The Morgan fingerprint density at radius 1 is 1.20 bits per heavy atom. The molecule has 0 heterocycles. The summed E-state index contributed by atoms with van der Waals surface area (Å²) in [4.78, 5) is 1.03. The van der Waals surface area contributed by atoms with Gasteiger partial charge in [0, 0.05) is 15.6 Å². The van der Waals surface area contributed by atoms with Gasteiger partial charge in [-0.05, 0) is 11.6 Å². The van der Waals surface area contributed by atoms with E-state index in [1.54, 1.807) is 0 Å². The Morgan fingerprint density at radius 2 is 1.93 bits per heavy atom. The van der Waals surface area contributed by atoms with Crippen LogP contribution < -0.4 is 0 Å². The Morgan fingerprint density at radius 3 is 2.60 bits per heavy atom. The van der Waals surface area contributed by atoms with Crippen molar-refractivity contribution in [1.29, 1.82) is 0 Å². The van der Waals surface area contributed by atoms with Crippen LogP contribution in [0, 0.1) is 0 Å². The van der Waals surface area contributed by atoms with E-state index in [4.69, 9.17) is 0 Å². The molecule has 0 aliphatic heterocycles. The van der Waals surface area contributed by atoms with Crippen molar-refractivity contribution in [2.24, 2.45) is 0 Å². The van der Waals surface area contributed by atoms with E-state index >= 15 is 0 Å². The van der Waals surface area contributed by atoms with Gasteiger partial charge in [-0.25, -0.2) is 0 Å². The standard InChI is InChI=1S/C13H14S2/c1-13(9-5-4-8-12(13)15)10-6-2-3-7-11(10)14/h2-9,12,14-15H,1H3/t12-,13+/m0/s1.